The van der Waals surface area contributed by atoms with Crippen molar-refractivity contribution < 1.29 is 4.74 Å². The molecule has 0 saturated carbocycles. The van der Waals surface area contributed by atoms with E-state index in [1.54, 1.807) is 7.11 Å². The van der Waals surface area contributed by atoms with E-state index in [0.29, 0.717) is 6.04 Å². The van der Waals surface area contributed by atoms with Crippen molar-refractivity contribution in [2.24, 2.45) is 0 Å². The molecule has 0 aromatic heterocycles. The summed E-state index contributed by atoms with van der Waals surface area (Å²) >= 11 is 0. The summed E-state index contributed by atoms with van der Waals surface area (Å²) in [6.07, 6.45) is 2.68. The number of ether oxygens (including phenoxy) is 1. The summed E-state index contributed by atoms with van der Waals surface area (Å²) in [6.45, 7) is 1.12. The molecule has 2 rings (SSSR count). The van der Waals surface area contributed by atoms with Gasteiger partial charge in [0.05, 0.1) is 6.10 Å². The maximum Gasteiger partial charge on any atom is 0.0973 e. The van der Waals surface area contributed by atoms with E-state index in [1.807, 2.05) is 6.07 Å². The Morgan fingerprint density at radius 3 is 2.71 bits per heavy atom. The smallest absolute Gasteiger partial charge is 0.0973 e. The molecular formula is C12H17NO. The number of benzene rings is 1. The average Bonchev–Trinajstić information content (AvgIpc) is 2.74. The number of nitrogens with one attached hydrogen (secondary N) is 1. The van der Waals surface area contributed by atoms with Crippen LogP contribution in [0.25, 0.3) is 0 Å². The zero-order valence-corrected chi connectivity index (χ0v) is 8.57. The van der Waals surface area contributed by atoms with E-state index in [4.69, 9.17) is 4.74 Å². The average molecular weight is 191 g/mol. The lowest BCUT2D eigenvalue weighted by Crippen LogP contribution is -2.29. The van der Waals surface area contributed by atoms with Crippen LogP contribution in [-0.4, -0.2) is 19.7 Å². The normalized spacial score (nSPS) is 23.6. The zero-order chi connectivity index (χ0) is 9.80. The van der Waals surface area contributed by atoms with Crippen LogP contribution in [-0.2, 0) is 4.74 Å². The number of rotatable bonds is 3. The van der Waals surface area contributed by atoms with Crippen molar-refractivity contribution in [2.75, 3.05) is 13.7 Å². The van der Waals surface area contributed by atoms with Crippen LogP contribution in [0.2, 0.25) is 0 Å². The molecule has 1 aliphatic heterocycles. The second kappa shape index (κ2) is 4.58. The molecule has 1 aromatic carbocycles. The van der Waals surface area contributed by atoms with Crippen LogP contribution in [0.4, 0.5) is 0 Å². The standard InChI is InChI=1S/C12H17NO/c1-14-12(11-8-5-9-13-11)10-6-3-2-4-7-10/h2-4,6-7,11-13H,5,8-9H2,1H3/t11-,12?/m0/s1. The second-order valence-corrected chi connectivity index (χ2v) is 3.77. The summed E-state index contributed by atoms with van der Waals surface area (Å²) in [6, 6.07) is 10.9. The minimum Gasteiger partial charge on any atom is -0.375 e. The SMILES string of the molecule is COC(c1ccccc1)[C@@H]1CCCN1. The van der Waals surface area contributed by atoms with Crippen molar-refractivity contribution in [3.8, 4) is 0 Å². The molecule has 1 saturated heterocycles. The topological polar surface area (TPSA) is 21.3 Å². The molecule has 0 aliphatic carbocycles. The maximum absolute atomic E-state index is 5.56. The molecule has 0 spiro atoms. The Kier molecular flexibility index (Phi) is 3.17. The molecule has 1 aliphatic rings. The van der Waals surface area contributed by atoms with Crippen molar-refractivity contribution in [1.29, 1.82) is 0 Å². The van der Waals surface area contributed by atoms with Gasteiger partial charge in [-0.05, 0) is 24.9 Å². The summed E-state index contributed by atoms with van der Waals surface area (Å²) in [5.74, 6) is 0. The summed E-state index contributed by atoms with van der Waals surface area (Å²) in [5, 5.41) is 3.48. The molecule has 76 valence electrons. The van der Waals surface area contributed by atoms with Crippen molar-refractivity contribution in [3.63, 3.8) is 0 Å². The summed E-state index contributed by atoms with van der Waals surface area (Å²) in [7, 11) is 1.79. The van der Waals surface area contributed by atoms with Crippen molar-refractivity contribution in [2.45, 2.75) is 25.0 Å². The van der Waals surface area contributed by atoms with Gasteiger partial charge in [-0.2, -0.15) is 0 Å². The lowest BCUT2D eigenvalue weighted by atomic mass is 10.0. The summed E-state index contributed by atoms with van der Waals surface area (Å²) in [4.78, 5) is 0. The highest BCUT2D eigenvalue weighted by Crippen LogP contribution is 2.25. The maximum atomic E-state index is 5.56. The molecule has 0 amide bonds. The van der Waals surface area contributed by atoms with Gasteiger partial charge in [-0.15, -0.1) is 0 Å². The van der Waals surface area contributed by atoms with E-state index >= 15 is 0 Å². The molecule has 0 radical (unpaired) electrons. The Labute approximate surface area is 85.3 Å². The van der Waals surface area contributed by atoms with Crippen LogP contribution < -0.4 is 5.32 Å². The van der Waals surface area contributed by atoms with Gasteiger partial charge in [0.15, 0.2) is 0 Å². The lowest BCUT2D eigenvalue weighted by molar-refractivity contribution is 0.0741. The Balaban J connectivity index is 2.12. The van der Waals surface area contributed by atoms with Gasteiger partial charge < -0.3 is 10.1 Å². The van der Waals surface area contributed by atoms with Crippen LogP contribution >= 0.6 is 0 Å². The minimum absolute atomic E-state index is 0.207. The third kappa shape index (κ3) is 1.97. The van der Waals surface area contributed by atoms with E-state index in [2.05, 4.69) is 29.6 Å². The van der Waals surface area contributed by atoms with Gasteiger partial charge in [0, 0.05) is 13.2 Å². The highest BCUT2D eigenvalue weighted by molar-refractivity contribution is 5.19. The van der Waals surface area contributed by atoms with Crippen LogP contribution in [0, 0.1) is 0 Å². The first-order chi connectivity index (χ1) is 6.92. The van der Waals surface area contributed by atoms with Crippen molar-refractivity contribution in [3.05, 3.63) is 35.9 Å². The van der Waals surface area contributed by atoms with E-state index in [0.717, 1.165) is 6.54 Å². The van der Waals surface area contributed by atoms with Gasteiger partial charge in [0.1, 0.15) is 0 Å². The molecule has 14 heavy (non-hydrogen) atoms. The molecular weight excluding hydrogens is 174 g/mol. The second-order valence-electron chi connectivity index (χ2n) is 3.77. The van der Waals surface area contributed by atoms with E-state index in [-0.39, 0.29) is 6.10 Å². The van der Waals surface area contributed by atoms with E-state index < -0.39 is 0 Å². The lowest BCUT2D eigenvalue weighted by Gasteiger charge is -2.22. The first-order valence-electron chi connectivity index (χ1n) is 5.23. The Hall–Kier alpha value is -0.860. The Morgan fingerprint density at radius 2 is 2.14 bits per heavy atom. The van der Waals surface area contributed by atoms with Crippen molar-refractivity contribution in [1.82, 2.24) is 5.32 Å². The fourth-order valence-electron chi connectivity index (χ4n) is 2.15. The summed E-state index contributed by atoms with van der Waals surface area (Å²) < 4.78 is 5.56. The van der Waals surface area contributed by atoms with Crippen LogP contribution in [0.15, 0.2) is 30.3 Å². The predicted molar refractivity (Wildman–Crippen MR) is 57.2 cm³/mol. The summed E-state index contributed by atoms with van der Waals surface area (Å²) in [5.41, 5.74) is 1.27. The fraction of sp³-hybridized carbons (Fsp3) is 0.500. The molecule has 1 fully saturated rings. The van der Waals surface area contributed by atoms with Crippen LogP contribution in [0.5, 0.6) is 0 Å². The van der Waals surface area contributed by atoms with Crippen molar-refractivity contribution >= 4 is 0 Å². The van der Waals surface area contributed by atoms with E-state index in [9.17, 15) is 0 Å². The van der Waals surface area contributed by atoms with Crippen LogP contribution in [0.3, 0.4) is 0 Å². The molecule has 1 aromatic rings. The fourth-order valence-corrected chi connectivity index (χ4v) is 2.15. The molecule has 2 heteroatoms. The number of methoxy groups -OCH3 is 1. The van der Waals surface area contributed by atoms with Gasteiger partial charge in [-0.1, -0.05) is 30.3 Å². The third-order valence-corrected chi connectivity index (χ3v) is 2.85. The predicted octanol–water partition coefficient (Wildman–Crippen LogP) is 2.13. The van der Waals surface area contributed by atoms with Gasteiger partial charge in [-0.25, -0.2) is 0 Å². The van der Waals surface area contributed by atoms with E-state index in [1.165, 1.54) is 18.4 Å². The largest absolute Gasteiger partial charge is 0.375 e. The first kappa shape index (κ1) is 9.69. The molecule has 0 bridgehead atoms. The Bertz CT molecular complexity index is 267. The Morgan fingerprint density at radius 1 is 1.36 bits per heavy atom. The molecule has 1 unspecified atom stereocenters. The molecule has 1 N–H and O–H groups in total. The zero-order valence-electron chi connectivity index (χ0n) is 8.57. The van der Waals surface area contributed by atoms with Gasteiger partial charge in [-0.3, -0.25) is 0 Å². The van der Waals surface area contributed by atoms with Gasteiger partial charge in [0.2, 0.25) is 0 Å². The highest BCUT2D eigenvalue weighted by atomic mass is 16.5. The molecule has 2 nitrogen and oxygen atoms in total. The monoisotopic (exact) mass is 191 g/mol. The molecule has 2 atom stereocenters. The number of hydrogen-bond acceptors (Lipinski definition) is 2. The van der Waals surface area contributed by atoms with Gasteiger partial charge >= 0.3 is 0 Å². The molecule has 1 heterocycles. The number of hydrogen-bond donors (Lipinski definition) is 1. The van der Waals surface area contributed by atoms with Crippen LogP contribution in [0.1, 0.15) is 24.5 Å². The minimum atomic E-state index is 0.207. The highest BCUT2D eigenvalue weighted by Gasteiger charge is 2.25. The first-order valence-corrected chi connectivity index (χ1v) is 5.23. The third-order valence-electron chi connectivity index (χ3n) is 2.85. The van der Waals surface area contributed by atoms with Gasteiger partial charge in [0.25, 0.3) is 0 Å². The quantitative estimate of drug-likeness (QED) is 0.790.